The van der Waals surface area contributed by atoms with Crippen molar-refractivity contribution in [3.05, 3.63) is 0 Å². The van der Waals surface area contributed by atoms with E-state index in [4.69, 9.17) is 9.79 Å². The molecule has 0 aliphatic carbocycles. The number of hydrogen-bond donors (Lipinski definition) is 2. The third-order valence-corrected chi connectivity index (χ3v) is 3.66. The first-order valence-corrected chi connectivity index (χ1v) is 6.68. The first kappa shape index (κ1) is 17.3. The van der Waals surface area contributed by atoms with Gasteiger partial charge in [-0.3, -0.25) is 8.88 Å². The second-order valence-electron chi connectivity index (χ2n) is 1.55. The molecule has 2 N–H and O–H groups in total. The van der Waals surface area contributed by atoms with E-state index in [1.807, 2.05) is 0 Å². The van der Waals surface area contributed by atoms with Crippen LogP contribution in [0.15, 0.2) is 0 Å². The van der Waals surface area contributed by atoms with Gasteiger partial charge in [-0.15, -0.1) is 0 Å². The van der Waals surface area contributed by atoms with Crippen LogP contribution in [-0.2, 0) is 22.3 Å². The van der Waals surface area contributed by atoms with Crippen LogP contribution in [-0.4, -0.2) is 27.1 Å². The van der Waals surface area contributed by atoms with Gasteiger partial charge in [-0.05, 0) is 0 Å². The molecule has 0 saturated carbocycles. The van der Waals surface area contributed by atoms with Crippen LogP contribution in [0.5, 0.6) is 0 Å². The van der Waals surface area contributed by atoms with Crippen LogP contribution in [0.1, 0.15) is 0 Å². The summed E-state index contributed by atoms with van der Waals surface area (Å²) in [6, 6.07) is 0. The second-order valence-corrected chi connectivity index (χ2v) is 5.62. The van der Waals surface area contributed by atoms with E-state index in [2.05, 4.69) is 8.62 Å². The Labute approximate surface area is 88.1 Å². The fourth-order valence-electron chi connectivity index (χ4n) is 0.268. The third kappa shape index (κ3) is 11.0. The molecule has 0 heterocycles. The van der Waals surface area contributed by atoms with Gasteiger partial charge >= 0.3 is 7.82 Å². The summed E-state index contributed by atoms with van der Waals surface area (Å²) in [6.45, 7) is 0. The van der Waals surface area contributed by atoms with Gasteiger partial charge in [0.25, 0.3) is 7.82 Å². The standard InChI is InChI=1S/Al.H5O10P3/c;1-11(2,3)9-13(7,8)10-12(4,5)6/h;(H,7,8)(H2,1,2,3)(H2,4,5,6)/p-3. The zero-order chi connectivity index (χ0) is 10.9. The second kappa shape index (κ2) is 5.32. The van der Waals surface area contributed by atoms with Gasteiger partial charge in [0.1, 0.15) is 0 Å². The Kier molecular flexibility index (Phi) is 6.60. The highest BCUT2D eigenvalue weighted by Crippen LogP contribution is 2.59. The van der Waals surface area contributed by atoms with Crippen LogP contribution < -0.4 is 14.7 Å². The van der Waals surface area contributed by atoms with Crippen LogP contribution in [0.2, 0.25) is 0 Å². The molecule has 0 saturated heterocycles. The number of rotatable bonds is 4. The van der Waals surface area contributed by atoms with Crippen LogP contribution in [0.25, 0.3) is 0 Å². The summed E-state index contributed by atoms with van der Waals surface area (Å²) in [5.41, 5.74) is 0. The molecular formula is H2AlO10P3-3. The first-order chi connectivity index (χ1) is 5.41. The molecule has 0 aliphatic heterocycles. The fourth-order valence-corrected chi connectivity index (χ4v) is 2.68. The Morgan fingerprint density at radius 2 is 1.29 bits per heavy atom. The summed E-state index contributed by atoms with van der Waals surface area (Å²) in [7, 11) is -17.2. The largest absolute Gasteiger partial charge is 0.790 e. The van der Waals surface area contributed by atoms with Crippen LogP contribution >= 0.6 is 23.5 Å². The van der Waals surface area contributed by atoms with Gasteiger partial charge in [-0.1, -0.05) is 0 Å². The highest BCUT2D eigenvalue weighted by molar-refractivity contribution is 7.65. The summed E-state index contributed by atoms with van der Waals surface area (Å²) in [5.74, 6) is 0. The van der Waals surface area contributed by atoms with Crippen molar-refractivity contribution < 1.29 is 46.8 Å². The molecule has 0 aromatic carbocycles. The van der Waals surface area contributed by atoms with Gasteiger partial charge in [0.15, 0.2) is 0 Å². The first-order valence-electron chi connectivity index (χ1n) is 2.23. The molecule has 0 aromatic heterocycles. The average Bonchev–Trinajstić information content (AvgIpc) is 1.43. The molecule has 14 heteroatoms. The van der Waals surface area contributed by atoms with Gasteiger partial charge in [-0.2, -0.15) is 0 Å². The summed E-state index contributed by atoms with van der Waals surface area (Å²) in [6.07, 6.45) is 0. The Hall–Kier alpha value is 0.942. The van der Waals surface area contributed by atoms with Gasteiger partial charge < -0.3 is 29.0 Å². The predicted octanol–water partition coefficient (Wildman–Crippen LogP) is -2.97. The SMILES string of the molecule is O=P([O-])([O-])OP(=O)([O-])OP(=O)(O)O.[Al]. The molecule has 14 heavy (non-hydrogen) atoms. The summed E-state index contributed by atoms with van der Waals surface area (Å²) >= 11 is 0. The minimum Gasteiger partial charge on any atom is -0.790 e. The third-order valence-electron chi connectivity index (χ3n) is 0.406. The van der Waals surface area contributed by atoms with E-state index >= 15 is 0 Å². The maximum atomic E-state index is 10.2. The van der Waals surface area contributed by atoms with Gasteiger partial charge in [0, 0.05) is 17.4 Å². The van der Waals surface area contributed by atoms with Crippen molar-refractivity contribution in [3.63, 3.8) is 0 Å². The molecule has 0 spiro atoms. The molecule has 0 rings (SSSR count). The lowest BCUT2D eigenvalue weighted by Crippen LogP contribution is -2.18. The van der Waals surface area contributed by atoms with Crippen molar-refractivity contribution in [2.75, 3.05) is 0 Å². The predicted molar refractivity (Wildman–Crippen MR) is 35.2 cm³/mol. The van der Waals surface area contributed by atoms with Crippen LogP contribution in [0, 0.1) is 0 Å². The fraction of sp³-hybridized carbons (Fsp3) is 0. The Balaban J connectivity index is 0. The molecular weight excluding hydrogens is 280 g/mol. The van der Waals surface area contributed by atoms with Gasteiger partial charge in [-0.25, -0.2) is 8.88 Å². The van der Waals surface area contributed by atoms with Gasteiger partial charge in [0.2, 0.25) is 0 Å². The van der Waals surface area contributed by atoms with Gasteiger partial charge in [0.05, 0.1) is 7.82 Å². The monoisotopic (exact) mass is 282 g/mol. The smallest absolute Gasteiger partial charge is 0.476 e. The van der Waals surface area contributed by atoms with Crippen molar-refractivity contribution in [2.24, 2.45) is 0 Å². The summed E-state index contributed by atoms with van der Waals surface area (Å²) in [5, 5.41) is 0. The Morgan fingerprint density at radius 1 is 0.929 bits per heavy atom. The number of phosphoric acid groups is 3. The maximum Gasteiger partial charge on any atom is 0.476 e. The lowest BCUT2D eigenvalue weighted by molar-refractivity contribution is -0.339. The van der Waals surface area contributed by atoms with Crippen molar-refractivity contribution in [1.29, 1.82) is 0 Å². The van der Waals surface area contributed by atoms with E-state index in [9.17, 15) is 28.4 Å². The van der Waals surface area contributed by atoms with E-state index in [1.54, 1.807) is 0 Å². The molecule has 1 unspecified atom stereocenters. The lowest BCUT2D eigenvalue weighted by atomic mass is 15.7. The van der Waals surface area contributed by atoms with Crippen LogP contribution in [0.3, 0.4) is 0 Å². The highest BCUT2D eigenvalue weighted by atomic mass is 31.3. The van der Waals surface area contributed by atoms with E-state index in [1.165, 1.54) is 0 Å². The molecule has 0 bridgehead atoms. The minimum atomic E-state index is -5.92. The van der Waals surface area contributed by atoms with E-state index in [0.29, 0.717) is 0 Å². The molecule has 3 radical (unpaired) electrons. The Bertz CT molecular complexity index is 277. The van der Waals surface area contributed by atoms with E-state index in [0.717, 1.165) is 0 Å². The quantitative estimate of drug-likeness (QED) is 0.399. The van der Waals surface area contributed by atoms with Crippen molar-refractivity contribution >= 4 is 40.8 Å². The van der Waals surface area contributed by atoms with Crippen molar-refractivity contribution in [2.45, 2.75) is 0 Å². The number of hydrogen-bond acceptors (Lipinski definition) is 8. The molecule has 0 aliphatic rings. The summed E-state index contributed by atoms with van der Waals surface area (Å²) < 4.78 is 35.3. The summed E-state index contributed by atoms with van der Waals surface area (Å²) in [4.78, 5) is 45.3. The molecule has 0 fully saturated rings. The zero-order valence-electron chi connectivity index (χ0n) is 6.08. The van der Waals surface area contributed by atoms with Crippen LogP contribution in [0.4, 0.5) is 0 Å². The molecule has 0 amide bonds. The van der Waals surface area contributed by atoms with Crippen molar-refractivity contribution in [3.8, 4) is 0 Å². The molecule has 83 valence electrons. The lowest BCUT2D eigenvalue weighted by Gasteiger charge is -2.34. The maximum absolute atomic E-state index is 10.2. The molecule has 0 aromatic rings. The zero-order valence-corrected chi connectivity index (χ0v) is 9.92. The van der Waals surface area contributed by atoms with E-state index in [-0.39, 0.29) is 17.4 Å². The molecule has 10 nitrogen and oxygen atoms in total. The highest BCUT2D eigenvalue weighted by Gasteiger charge is 2.24. The minimum absolute atomic E-state index is 0. The van der Waals surface area contributed by atoms with Crippen molar-refractivity contribution in [1.82, 2.24) is 0 Å². The molecule has 1 atom stereocenters. The normalized spacial score (nSPS) is 16.9. The topological polar surface area (TPSA) is 179 Å². The Morgan fingerprint density at radius 3 is 1.50 bits per heavy atom. The average molecular weight is 282 g/mol. The van der Waals surface area contributed by atoms with E-state index < -0.39 is 23.5 Å².